The van der Waals surface area contributed by atoms with E-state index in [0.717, 1.165) is 17.8 Å². The van der Waals surface area contributed by atoms with Crippen molar-refractivity contribution in [3.63, 3.8) is 0 Å². The van der Waals surface area contributed by atoms with Gasteiger partial charge in [-0.25, -0.2) is 17.2 Å². The van der Waals surface area contributed by atoms with Crippen LogP contribution in [-0.2, 0) is 10.0 Å². The second-order valence-electron chi connectivity index (χ2n) is 6.19. The molecule has 1 aliphatic rings. The molecule has 4 nitrogen and oxygen atoms in total. The third kappa shape index (κ3) is 3.82. The van der Waals surface area contributed by atoms with Gasteiger partial charge in [0.05, 0.1) is 4.90 Å². The van der Waals surface area contributed by atoms with Crippen LogP contribution in [0.1, 0.15) is 12.8 Å². The molecule has 3 rings (SSSR count). The van der Waals surface area contributed by atoms with Crippen molar-refractivity contribution >= 4 is 15.7 Å². The molecule has 1 fully saturated rings. The van der Waals surface area contributed by atoms with Gasteiger partial charge in [0, 0.05) is 37.9 Å². The van der Waals surface area contributed by atoms with Crippen molar-refractivity contribution in [2.75, 3.05) is 25.0 Å². The summed E-state index contributed by atoms with van der Waals surface area (Å²) in [5.74, 6) is -1.78. The van der Waals surface area contributed by atoms with E-state index in [4.69, 9.17) is 0 Å². The lowest BCUT2D eigenvalue weighted by atomic mass is 10.0. The summed E-state index contributed by atoms with van der Waals surface area (Å²) >= 11 is 0. The number of nitrogens with zero attached hydrogens (tertiary/aromatic N) is 2. The highest BCUT2D eigenvalue weighted by molar-refractivity contribution is 7.89. The fourth-order valence-corrected chi connectivity index (χ4v) is 4.68. The quantitative estimate of drug-likeness (QED) is 0.834. The molecule has 2 aromatic rings. The number of piperidine rings is 1. The first-order valence-electron chi connectivity index (χ1n) is 8.12. The maximum atomic E-state index is 13.4. The van der Waals surface area contributed by atoms with Crippen molar-refractivity contribution in [2.45, 2.75) is 23.8 Å². The van der Waals surface area contributed by atoms with Crippen molar-refractivity contribution in [3.05, 3.63) is 60.2 Å². The van der Waals surface area contributed by atoms with Crippen LogP contribution in [0.15, 0.2) is 53.4 Å². The van der Waals surface area contributed by atoms with Crippen molar-refractivity contribution < 1.29 is 17.2 Å². The Hall–Kier alpha value is -1.99. The highest BCUT2D eigenvalue weighted by Gasteiger charge is 2.31. The van der Waals surface area contributed by atoms with Crippen LogP contribution in [0.5, 0.6) is 0 Å². The largest absolute Gasteiger partial charge is 0.372 e. The highest BCUT2D eigenvalue weighted by Crippen LogP contribution is 2.26. The van der Waals surface area contributed by atoms with E-state index in [1.807, 2.05) is 37.4 Å². The third-order valence-corrected chi connectivity index (χ3v) is 6.48. The van der Waals surface area contributed by atoms with Gasteiger partial charge in [0.25, 0.3) is 0 Å². The van der Waals surface area contributed by atoms with Crippen LogP contribution < -0.4 is 4.90 Å². The maximum absolute atomic E-state index is 13.4. The van der Waals surface area contributed by atoms with E-state index in [-0.39, 0.29) is 10.9 Å². The number of halogens is 2. The van der Waals surface area contributed by atoms with Crippen LogP contribution in [0.25, 0.3) is 0 Å². The number of sulfonamides is 1. The third-order valence-electron chi connectivity index (χ3n) is 4.61. The molecule has 0 aromatic heterocycles. The average Bonchev–Trinajstić information content (AvgIpc) is 2.61. The Balaban J connectivity index is 1.71. The van der Waals surface area contributed by atoms with E-state index < -0.39 is 21.7 Å². The fraction of sp³-hybridized carbons (Fsp3) is 0.333. The number of hydrogen-bond acceptors (Lipinski definition) is 3. The Morgan fingerprint density at radius 1 is 1.00 bits per heavy atom. The topological polar surface area (TPSA) is 40.6 Å². The maximum Gasteiger partial charge on any atom is 0.243 e. The van der Waals surface area contributed by atoms with Gasteiger partial charge in [-0.1, -0.05) is 18.2 Å². The molecule has 7 heteroatoms. The Morgan fingerprint density at radius 3 is 2.12 bits per heavy atom. The average molecular weight is 366 g/mol. The van der Waals surface area contributed by atoms with E-state index >= 15 is 0 Å². The second-order valence-corrected chi connectivity index (χ2v) is 8.12. The van der Waals surface area contributed by atoms with Crippen LogP contribution in [0.3, 0.4) is 0 Å². The summed E-state index contributed by atoms with van der Waals surface area (Å²) < 4.78 is 53.2. The van der Waals surface area contributed by atoms with Gasteiger partial charge >= 0.3 is 0 Å². The zero-order valence-electron chi connectivity index (χ0n) is 13.9. The van der Waals surface area contributed by atoms with Crippen LogP contribution >= 0.6 is 0 Å². The van der Waals surface area contributed by atoms with Gasteiger partial charge in [-0.3, -0.25) is 0 Å². The van der Waals surface area contributed by atoms with Gasteiger partial charge < -0.3 is 4.90 Å². The molecule has 134 valence electrons. The Morgan fingerprint density at radius 2 is 1.56 bits per heavy atom. The van der Waals surface area contributed by atoms with Crippen LogP contribution in [0.4, 0.5) is 14.5 Å². The van der Waals surface area contributed by atoms with E-state index in [1.165, 1.54) is 4.31 Å². The van der Waals surface area contributed by atoms with Gasteiger partial charge in [0.1, 0.15) is 11.6 Å². The SMILES string of the molecule is CN(c1ccccc1)C1CCN(S(=O)(=O)c2cc(F)cc(F)c2)CC1. The normalized spacial score (nSPS) is 16.8. The van der Waals surface area contributed by atoms with Crippen molar-refractivity contribution in [1.29, 1.82) is 0 Å². The molecule has 0 unspecified atom stereocenters. The molecule has 0 N–H and O–H groups in total. The molecule has 0 amide bonds. The van der Waals surface area contributed by atoms with Gasteiger partial charge in [-0.2, -0.15) is 4.31 Å². The molecule has 0 atom stereocenters. The summed E-state index contributed by atoms with van der Waals surface area (Å²) in [4.78, 5) is 1.81. The fourth-order valence-electron chi connectivity index (χ4n) is 3.17. The molecule has 2 aromatic carbocycles. The van der Waals surface area contributed by atoms with Gasteiger partial charge in [0.2, 0.25) is 10.0 Å². The summed E-state index contributed by atoms with van der Waals surface area (Å²) in [6, 6.07) is 12.5. The molecule has 1 heterocycles. The van der Waals surface area contributed by atoms with Gasteiger partial charge in [-0.05, 0) is 37.1 Å². The van der Waals surface area contributed by atoms with Gasteiger partial charge in [-0.15, -0.1) is 0 Å². The Labute approximate surface area is 146 Å². The highest BCUT2D eigenvalue weighted by atomic mass is 32.2. The van der Waals surface area contributed by atoms with Gasteiger partial charge in [0.15, 0.2) is 0 Å². The number of anilines is 1. The second kappa shape index (κ2) is 7.09. The van der Waals surface area contributed by atoms with E-state index in [2.05, 4.69) is 4.90 Å². The lowest BCUT2D eigenvalue weighted by Gasteiger charge is -2.37. The molecule has 25 heavy (non-hydrogen) atoms. The monoisotopic (exact) mass is 366 g/mol. The number of benzene rings is 2. The first kappa shape index (κ1) is 17.8. The number of hydrogen-bond donors (Lipinski definition) is 0. The summed E-state index contributed by atoms with van der Waals surface area (Å²) in [5.41, 5.74) is 1.08. The minimum atomic E-state index is -3.89. The summed E-state index contributed by atoms with van der Waals surface area (Å²) in [7, 11) is -1.89. The molecule has 0 aliphatic carbocycles. The number of para-hydroxylation sites is 1. The molecule has 0 bridgehead atoms. The zero-order chi connectivity index (χ0) is 18.0. The molecule has 1 saturated heterocycles. The molecular formula is C18H20F2N2O2S. The van der Waals surface area contributed by atoms with Crippen molar-refractivity contribution in [3.8, 4) is 0 Å². The lowest BCUT2D eigenvalue weighted by Crippen LogP contribution is -2.45. The predicted molar refractivity (Wildman–Crippen MR) is 93.0 cm³/mol. The summed E-state index contributed by atoms with van der Waals surface area (Å²) in [5, 5.41) is 0. The van der Waals surface area contributed by atoms with Crippen LogP contribution in [-0.4, -0.2) is 38.9 Å². The number of rotatable bonds is 4. The molecule has 0 saturated carbocycles. The first-order chi connectivity index (χ1) is 11.9. The smallest absolute Gasteiger partial charge is 0.243 e. The molecule has 0 radical (unpaired) electrons. The van der Waals surface area contributed by atoms with E-state index in [0.29, 0.717) is 32.0 Å². The lowest BCUT2D eigenvalue weighted by molar-refractivity contribution is 0.314. The zero-order valence-corrected chi connectivity index (χ0v) is 14.7. The predicted octanol–water partition coefficient (Wildman–Crippen LogP) is 3.25. The van der Waals surface area contributed by atoms with E-state index in [1.54, 1.807) is 0 Å². The molecule has 1 aliphatic heterocycles. The van der Waals surface area contributed by atoms with E-state index in [9.17, 15) is 17.2 Å². The molecule has 0 spiro atoms. The summed E-state index contributed by atoms with van der Waals surface area (Å²) in [6.45, 7) is 0.643. The minimum absolute atomic E-state index is 0.220. The standard InChI is InChI=1S/C18H20F2N2O2S/c1-21(16-5-3-2-4-6-16)17-7-9-22(10-8-17)25(23,24)18-12-14(19)11-15(20)13-18/h2-6,11-13,17H,7-10H2,1H3. The Bertz CT molecular complexity index is 815. The Kier molecular flexibility index (Phi) is 5.06. The van der Waals surface area contributed by atoms with Crippen LogP contribution in [0, 0.1) is 11.6 Å². The summed E-state index contributed by atoms with van der Waals surface area (Å²) in [6.07, 6.45) is 1.31. The van der Waals surface area contributed by atoms with Crippen molar-refractivity contribution in [1.82, 2.24) is 4.31 Å². The van der Waals surface area contributed by atoms with Crippen LogP contribution in [0.2, 0.25) is 0 Å². The first-order valence-corrected chi connectivity index (χ1v) is 9.56. The minimum Gasteiger partial charge on any atom is -0.372 e. The molecular weight excluding hydrogens is 346 g/mol. The van der Waals surface area contributed by atoms with Crippen molar-refractivity contribution in [2.24, 2.45) is 0 Å².